The zero-order valence-electron chi connectivity index (χ0n) is 13.3. The molecule has 1 aromatic heterocycles. The van der Waals surface area contributed by atoms with Crippen LogP contribution >= 0.6 is 0 Å². The number of carboxylic acid groups (broad SMARTS) is 1. The third-order valence-electron chi connectivity index (χ3n) is 4.28. The Bertz CT molecular complexity index is 993. The van der Waals surface area contributed by atoms with E-state index in [2.05, 4.69) is 4.98 Å². The van der Waals surface area contributed by atoms with Crippen LogP contribution in [0, 0.1) is 5.82 Å². The smallest absolute Gasteiger partial charge is 0.352 e. The van der Waals surface area contributed by atoms with E-state index in [9.17, 15) is 14.3 Å². The standard InChI is InChI=1S/C19H14FNO4/c1-24-14-7-6-10(20)8-12(14)16-13-9-25-15-5-3-2-4-11(15)17(13)21-18(16)19(22)23/h2-8,21H,9H2,1H3,(H,22,23). The molecule has 2 heterocycles. The number of H-pyrrole nitrogens is 1. The van der Waals surface area contributed by atoms with Gasteiger partial charge in [-0.1, -0.05) is 12.1 Å². The molecule has 3 aromatic rings. The van der Waals surface area contributed by atoms with Crippen molar-refractivity contribution in [2.75, 3.05) is 7.11 Å². The summed E-state index contributed by atoms with van der Waals surface area (Å²) in [6.07, 6.45) is 0. The maximum absolute atomic E-state index is 13.8. The zero-order valence-corrected chi connectivity index (χ0v) is 13.3. The van der Waals surface area contributed by atoms with E-state index in [4.69, 9.17) is 9.47 Å². The number of ether oxygens (including phenoxy) is 2. The Morgan fingerprint density at radius 2 is 2.04 bits per heavy atom. The fourth-order valence-electron chi connectivity index (χ4n) is 3.20. The monoisotopic (exact) mass is 339 g/mol. The van der Waals surface area contributed by atoms with Gasteiger partial charge >= 0.3 is 5.97 Å². The Morgan fingerprint density at radius 1 is 1.24 bits per heavy atom. The number of carbonyl (C=O) groups is 1. The molecule has 0 saturated heterocycles. The quantitative estimate of drug-likeness (QED) is 0.754. The van der Waals surface area contributed by atoms with E-state index >= 15 is 0 Å². The number of hydrogen-bond acceptors (Lipinski definition) is 3. The van der Waals surface area contributed by atoms with Crippen molar-refractivity contribution in [2.24, 2.45) is 0 Å². The summed E-state index contributed by atoms with van der Waals surface area (Å²) in [5.41, 5.74) is 2.84. The van der Waals surface area contributed by atoms with E-state index in [1.807, 2.05) is 24.3 Å². The number of nitrogens with one attached hydrogen (secondary N) is 1. The summed E-state index contributed by atoms with van der Waals surface area (Å²) in [5.74, 6) is -0.539. The van der Waals surface area contributed by atoms with Crippen molar-refractivity contribution in [2.45, 2.75) is 6.61 Å². The molecule has 0 radical (unpaired) electrons. The predicted octanol–water partition coefficient (Wildman–Crippen LogP) is 4.09. The van der Waals surface area contributed by atoms with E-state index < -0.39 is 11.8 Å². The van der Waals surface area contributed by atoms with Crippen LogP contribution in [0.2, 0.25) is 0 Å². The van der Waals surface area contributed by atoms with Crippen LogP contribution in [-0.2, 0) is 6.61 Å². The fraction of sp³-hybridized carbons (Fsp3) is 0.105. The number of hydrogen-bond donors (Lipinski definition) is 2. The number of halogens is 1. The first-order chi connectivity index (χ1) is 12.1. The van der Waals surface area contributed by atoms with Crippen LogP contribution in [0.4, 0.5) is 4.39 Å². The van der Waals surface area contributed by atoms with Crippen LogP contribution in [-0.4, -0.2) is 23.2 Å². The molecule has 0 amide bonds. The molecular formula is C19H14FNO4. The minimum atomic E-state index is -1.13. The number of rotatable bonds is 3. The Kier molecular flexibility index (Phi) is 3.46. The summed E-state index contributed by atoms with van der Waals surface area (Å²) >= 11 is 0. The normalized spacial score (nSPS) is 12.1. The fourth-order valence-corrected chi connectivity index (χ4v) is 3.20. The van der Waals surface area contributed by atoms with Gasteiger partial charge in [0.15, 0.2) is 0 Å². The first-order valence-corrected chi connectivity index (χ1v) is 7.64. The summed E-state index contributed by atoms with van der Waals surface area (Å²) in [5, 5.41) is 9.65. The van der Waals surface area contributed by atoms with Gasteiger partial charge in [-0.3, -0.25) is 0 Å². The molecule has 0 spiro atoms. The van der Waals surface area contributed by atoms with Gasteiger partial charge in [0.2, 0.25) is 0 Å². The lowest BCUT2D eigenvalue weighted by atomic mass is 9.96. The zero-order chi connectivity index (χ0) is 17.6. The third kappa shape index (κ3) is 2.34. The lowest BCUT2D eigenvalue weighted by molar-refractivity contribution is 0.0692. The molecule has 0 fully saturated rings. The van der Waals surface area contributed by atoms with Gasteiger partial charge < -0.3 is 19.6 Å². The second kappa shape index (κ2) is 5.66. The highest BCUT2D eigenvalue weighted by molar-refractivity contribution is 6.00. The van der Waals surface area contributed by atoms with E-state index in [-0.39, 0.29) is 12.3 Å². The molecule has 0 bridgehead atoms. The molecule has 126 valence electrons. The minimum Gasteiger partial charge on any atom is -0.496 e. The van der Waals surface area contributed by atoms with E-state index in [1.165, 1.54) is 25.3 Å². The van der Waals surface area contributed by atoms with Gasteiger partial charge in [-0.05, 0) is 30.3 Å². The molecule has 0 unspecified atom stereocenters. The van der Waals surface area contributed by atoms with Crippen LogP contribution in [0.15, 0.2) is 42.5 Å². The molecule has 1 aliphatic rings. The molecule has 0 atom stereocenters. The summed E-state index contributed by atoms with van der Waals surface area (Å²) in [6.45, 7) is 0.186. The average molecular weight is 339 g/mol. The van der Waals surface area contributed by atoms with Gasteiger partial charge in [0, 0.05) is 22.3 Å². The Hall–Kier alpha value is -3.28. The molecule has 6 heteroatoms. The summed E-state index contributed by atoms with van der Waals surface area (Å²) < 4.78 is 24.9. The van der Waals surface area contributed by atoms with Gasteiger partial charge in [0.25, 0.3) is 0 Å². The average Bonchev–Trinajstić information content (AvgIpc) is 3.02. The summed E-state index contributed by atoms with van der Waals surface area (Å²) in [6, 6.07) is 11.4. The molecule has 25 heavy (non-hydrogen) atoms. The number of fused-ring (bicyclic) bond motifs is 3. The van der Waals surface area contributed by atoms with Gasteiger partial charge in [-0.2, -0.15) is 0 Å². The number of carboxylic acids is 1. The number of para-hydroxylation sites is 1. The van der Waals surface area contributed by atoms with Gasteiger partial charge in [-0.15, -0.1) is 0 Å². The highest BCUT2D eigenvalue weighted by Gasteiger charge is 2.29. The summed E-state index contributed by atoms with van der Waals surface area (Å²) in [4.78, 5) is 14.8. The highest BCUT2D eigenvalue weighted by atomic mass is 19.1. The van der Waals surface area contributed by atoms with E-state index in [0.29, 0.717) is 33.9 Å². The number of aromatic amines is 1. The molecule has 4 rings (SSSR count). The van der Waals surface area contributed by atoms with Crippen molar-refractivity contribution >= 4 is 5.97 Å². The van der Waals surface area contributed by atoms with Crippen LogP contribution < -0.4 is 9.47 Å². The Morgan fingerprint density at radius 3 is 2.80 bits per heavy atom. The first-order valence-electron chi connectivity index (χ1n) is 7.64. The second-order valence-corrected chi connectivity index (χ2v) is 5.66. The molecule has 1 aliphatic heterocycles. The number of benzene rings is 2. The van der Waals surface area contributed by atoms with Crippen molar-refractivity contribution in [1.82, 2.24) is 4.98 Å². The SMILES string of the molecule is COc1ccc(F)cc1-c1c(C(=O)O)[nH]c2c1COc1ccccc1-2. The van der Waals surface area contributed by atoms with Crippen LogP contribution in [0.25, 0.3) is 22.4 Å². The van der Waals surface area contributed by atoms with Gasteiger partial charge in [-0.25, -0.2) is 9.18 Å². The van der Waals surface area contributed by atoms with Gasteiger partial charge in [0.05, 0.1) is 12.8 Å². The van der Waals surface area contributed by atoms with Crippen LogP contribution in [0.3, 0.4) is 0 Å². The van der Waals surface area contributed by atoms with Crippen molar-refractivity contribution in [3.05, 3.63) is 59.5 Å². The van der Waals surface area contributed by atoms with Crippen molar-refractivity contribution in [1.29, 1.82) is 0 Å². The largest absolute Gasteiger partial charge is 0.496 e. The van der Waals surface area contributed by atoms with Gasteiger partial charge in [0.1, 0.15) is 29.6 Å². The number of aromatic nitrogens is 1. The molecule has 2 N–H and O–H groups in total. The van der Waals surface area contributed by atoms with Crippen LogP contribution in [0.5, 0.6) is 11.5 Å². The highest BCUT2D eigenvalue weighted by Crippen LogP contribution is 2.45. The van der Waals surface area contributed by atoms with E-state index in [0.717, 1.165) is 5.56 Å². The van der Waals surface area contributed by atoms with Crippen molar-refractivity contribution < 1.29 is 23.8 Å². The predicted molar refractivity (Wildman–Crippen MR) is 89.5 cm³/mol. The Balaban J connectivity index is 2.04. The third-order valence-corrected chi connectivity index (χ3v) is 4.28. The van der Waals surface area contributed by atoms with Crippen molar-refractivity contribution in [3.8, 4) is 33.9 Å². The second-order valence-electron chi connectivity index (χ2n) is 5.66. The molecular weight excluding hydrogens is 325 g/mol. The topological polar surface area (TPSA) is 71.5 Å². The van der Waals surface area contributed by atoms with E-state index in [1.54, 1.807) is 0 Å². The number of aromatic carboxylic acids is 1. The lowest BCUT2D eigenvalue weighted by Gasteiger charge is -2.19. The molecule has 5 nitrogen and oxygen atoms in total. The van der Waals surface area contributed by atoms with Crippen molar-refractivity contribution in [3.63, 3.8) is 0 Å². The lowest BCUT2D eigenvalue weighted by Crippen LogP contribution is -2.05. The molecule has 0 saturated carbocycles. The maximum atomic E-state index is 13.8. The Labute approximate surface area is 142 Å². The minimum absolute atomic E-state index is 0.0193. The number of methoxy groups -OCH3 is 1. The summed E-state index contributed by atoms with van der Waals surface area (Å²) in [7, 11) is 1.46. The van der Waals surface area contributed by atoms with Crippen LogP contribution in [0.1, 0.15) is 16.1 Å². The maximum Gasteiger partial charge on any atom is 0.352 e. The molecule has 2 aromatic carbocycles. The first kappa shape index (κ1) is 15.3. The molecule has 0 aliphatic carbocycles.